The number of phenolic OH excluding ortho intramolecular Hbond substituents is 1. The van der Waals surface area contributed by atoms with Crippen LogP contribution in [0.1, 0.15) is 102 Å². The quantitative estimate of drug-likeness (QED) is 0.0620. The molecule has 3 rings (SSSR count). The van der Waals surface area contributed by atoms with Gasteiger partial charge in [0.1, 0.15) is 16.9 Å². The van der Waals surface area contributed by atoms with Crippen LogP contribution in [-0.2, 0) is 4.79 Å². The van der Waals surface area contributed by atoms with Gasteiger partial charge in [0.15, 0.2) is 11.5 Å². The number of unbranched alkanes of at least 4 members (excludes halogenated alkanes) is 9. The first kappa shape index (κ1) is 35.0. The molecule has 1 N–H and O–H groups in total. The van der Waals surface area contributed by atoms with Gasteiger partial charge in [0.2, 0.25) is 0 Å². The van der Waals surface area contributed by atoms with E-state index in [1.807, 2.05) is 50.2 Å². The van der Waals surface area contributed by atoms with Crippen molar-refractivity contribution < 1.29 is 28.9 Å². The van der Waals surface area contributed by atoms with Gasteiger partial charge in [-0.3, -0.25) is 4.79 Å². The average Bonchev–Trinajstić information content (AvgIpc) is 3.01. The van der Waals surface area contributed by atoms with Crippen molar-refractivity contribution in [3.8, 4) is 34.1 Å². The number of phenols is 1. The lowest BCUT2D eigenvalue weighted by atomic mass is 10.1. The molecule has 0 amide bonds. The molecule has 0 unspecified atom stereocenters. The van der Waals surface area contributed by atoms with Crippen LogP contribution >= 0.6 is 11.6 Å². The van der Waals surface area contributed by atoms with Crippen LogP contribution in [0, 0.1) is 5.92 Å². The largest absolute Gasteiger partial charge is 0.504 e. The number of carbonyl (C=O) groups excluding carboxylic acids is 2. The molecule has 0 aliphatic heterocycles. The van der Waals surface area contributed by atoms with Gasteiger partial charge in [-0.2, -0.15) is 0 Å². The number of esters is 2. The van der Waals surface area contributed by atoms with Crippen molar-refractivity contribution in [2.24, 2.45) is 5.92 Å². The first-order chi connectivity index (χ1) is 21.3. The fourth-order valence-corrected chi connectivity index (χ4v) is 5.22. The molecule has 6 nitrogen and oxygen atoms in total. The molecular weight excluding hydrogens is 576 g/mol. The standard InChI is InChI=1S/C37H47ClO6/c1-4-5-6-7-8-9-10-11-12-13-24-42-31-19-14-28(15-20-31)29-16-21-32(22-17-29)43-36(40)30-18-23-35(34(39)26-30)44-37(41)33(38)25-27(2)3/h14-23,26-27,33,39H,4-13,24-25H2,1-3H3/t33-/m0/s1. The third-order valence-corrected chi connectivity index (χ3v) is 7.71. The van der Waals surface area contributed by atoms with E-state index in [1.165, 1.54) is 76.0 Å². The predicted molar refractivity (Wildman–Crippen MR) is 177 cm³/mol. The van der Waals surface area contributed by atoms with E-state index in [0.717, 1.165) is 29.9 Å². The molecule has 0 heterocycles. The van der Waals surface area contributed by atoms with Gasteiger partial charge < -0.3 is 19.3 Å². The van der Waals surface area contributed by atoms with E-state index >= 15 is 0 Å². The molecule has 0 aromatic heterocycles. The van der Waals surface area contributed by atoms with Crippen molar-refractivity contribution >= 4 is 23.5 Å². The fraction of sp³-hybridized carbons (Fsp3) is 0.459. The van der Waals surface area contributed by atoms with Crippen LogP contribution in [0.3, 0.4) is 0 Å². The highest BCUT2D eigenvalue weighted by Crippen LogP contribution is 2.29. The summed E-state index contributed by atoms with van der Waals surface area (Å²) < 4.78 is 16.6. The van der Waals surface area contributed by atoms with Crippen LogP contribution in [0.2, 0.25) is 0 Å². The second-order valence-corrected chi connectivity index (χ2v) is 12.2. The van der Waals surface area contributed by atoms with Crippen molar-refractivity contribution in [3.63, 3.8) is 0 Å². The number of halogens is 1. The summed E-state index contributed by atoms with van der Waals surface area (Å²) in [5, 5.41) is 9.47. The van der Waals surface area contributed by atoms with Gasteiger partial charge in [-0.25, -0.2) is 4.79 Å². The number of aromatic hydroxyl groups is 1. The highest BCUT2D eigenvalue weighted by Gasteiger charge is 2.21. The van der Waals surface area contributed by atoms with E-state index in [-0.39, 0.29) is 23.0 Å². The van der Waals surface area contributed by atoms with Crippen LogP contribution in [0.25, 0.3) is 11.1 Å². The molecule has 0 fully saturated rings. The Morgan fingerprint density at radius 2 is 1.27 bits per heavy atom. The van der Waals surface area contributed by atoms with Crippen molar-refractivity contribution in [1.29, 1.82) is 0 Å². The highest BCUT2D eigenvalue weighted by molar-refractivity contribution is 6.30. The van der Waals surface area contributed by atoms with E-state index in [9.17, 15) is 14.7 Å². The SMILES string of the molecule is CCCCCCCCCCCCOc1ccc(-c2ccc(OC(=O)c3ccc(OC(=O)[C@@H](Cl)CC(C)C)c(O)c3)cc2)cc1. The fourth-order valence-electron chi connectivity index (χ4n) is 4.82. The second-order valence-electron chi connectivity index (χ2n) is 11.7. The zero-order valence-corrected chi connectivity index (χ0v) is 27.1. The molecule has 3 aromatic rings. The lowest BCUT2D eigenvalue weighted by Gasteiger charge is -2.13. The predicted octanol–water partition coefficient (Wildman–Crippen LogP) is 10.1. The zero-order chi connectivity index (χ0) is 31.7. The Bertz CT molecular complexity index is 1290. The molecule has 44 heavy (non-hydrogen) atoms. The maximum Gasteiger partial charge on any atom is 0.343 e. The maximum absolute atomic E-state index is 12.7. The maximum atomic E-state index is 12.7. The number of hydrogen-bond donors (Lipinski definition) is 1. The Labute approximate surface area is 267 Å². The minimum Gasteiger partial charge on any atom is -0.504 e. The van der Waals surface area contributed by atoms with E-state index in [0.29, 0.717) is 12.2 Å². The second kappa shape index (κ2) is 19.0. The molecule has 0 saturated carbocycles. The van der Waals surface area contributed by atoms with Crippen LogP contribution in [0.4, 0.5) is 0 Å². The Morgan fingerprint density at radius 3 is 1.82 bits per heavy atom. The lowest BCUT2D eigenvalue weighted by Crippen LogP contribution is -2.22. The first-order valence-corrected chi connectivity index (χ1v) is 16.4. The van der Waals surface area contributed by atoms with Crippen molar-refractivity contribution in [3.05, 3.63) is 72.3 Å². The molecule has 1 atom stereocenters. The van der Waals surface area contributed by atoms with Gasteiger partial charge in [-0.15, -0.1) is 11.6 Å². The summed E-state index contributed by atoms with van der Waals surface area (Å²) in [6.07, 6.45) is 13.5. The van der Waals surface area contributed by atoms with E-state index < -0.39 is 17.3 Å². The molecule has 3 aromatic carbocycles. The summed E-state index contributed by atoms with van der Waals surface area (Å²) in [4.78, 5) is 24.8. The Morgan fingerprint density at radius 1 is 0.727 bits per heavy atom. The highest BCUT2D eigenvalue weighted by atomic mass is 35.5. The first-order valence-electron chi connectivity index (χ1n) is 16.0. The summed E-state index contributed by atoms with van der Waals surface area (Å²) in [5.74, 6) is -0.287. The van der Waals surface area contributed by atoms with Crippen molar-refractivity contribution in [2.45, 2.75) is 96.8 Å². The minimum atomic E-state index is -0.826. The summed E-state index contributed by atoms with van der Waals surface area (Å²) in [6.45, 7) is 6.88. The monoisotopic (exact) mass is 622 g/mol. The Hall–Kier alpha value is -3.51. The van der Waals surface area contributed by atoms with Crippen LogP contribution in [-0.4, -0.2) is 29.0 Å². The van der Waals surface area contributed by atoms with Gasteiger partial charge in [0, 0.05) is 0 Å². The summed E-state index contributed by atoms with van der Waals surface area (Å²) >= 11 is 6.07. The molecule has 7 heteroatoms. The number of rotatable bonds is 19. The minimum absolute atomic E-state index is 0.0690. The molecule has 238 valence electrons. The molecule has 0 radical (unpaired) electrons. The van der Waals surface area contributed by atoms with Gasteiger partial charge in [-0.1, -0.05) is 103 Å². The van der Waals surface area contributed by atoms with E-state index in [1.54, 1.807) is 12.1 Å². The third kappa shape index (κ3) is 12.2. The van der Waals surface area contributed by atoms with Crippen molar-refractivity contribution in [1.82, 2.24) is 0 Å². The molecular formula is C37H47ClO6. The van der Waals surface area contributed by atoms with E-state index in [4.69, 9.17) is 25.8 Å². The van der Waals surface area contributed by atoms with Crippen LogP contribution in [0.15, 0.2) is 66.7 Å². The summed E-state index contributed by atoms with van der Waals surface area (Å²) in [7, 11) is 0. The van der Waals surface area contributed by atoms with Gasteiger partial charge in [-0.05, 0) is 72.4 Å². The number of ether oxygens (including phenoxy) is 3. The molecule has 0 saturated heterocycles. The number of benzene rings is 3. The molecule has 0 spiro atoms. The summed E-state index contributed by atoms with van der Waals surface area (Å²) in [6, 6.07) is 19.1. The molecule has 0 bridgehead atoms. The van der Waals surface area contributed by atoms with E-state index in [2.05, 4.69) is 6.92 Å². The zero-order valence-electron chi connectivity index (χ0n) is 26.4. The van der Waals surface area contributed by atoms with Gasteiger partial charge in [0.05, 0.1) is 12.2 Å². The average molecular weight is 623 g/mol. The Balaban J connectivity index is 1.41. The summed E-state index contributed by atoms with van der Waals surface area (Å²) in [5.41, 5.74) is 2.12. The molecule has 0 aliphatic rings. The normalized spacial score (nSPS) is 11.8. The van der Waals surface area contributed by atoms with Crippen molar-refractivity contribution in [2.75, 3.05) is 6.61 Å². The smallest absolute Gasteiger partial charge is 0.343 e. The Kier molecular flexibility index (Phi) is 15.1. The van der Waals surface area contributed by atoms with Gasteiger partial charge in [0.25, 0.3) is 0 Å². The number of hydrogen-bond acceptors (Lipinski definition) is 6. The molecule has 0 aliphatic carbocycles. The number of alkyl halides is 1. The third-order valence-electron chi connectivity index (χ3n) is 7.36. The van der Waals surface area contributed by atoms with Crippen LogP contribution < -0.4 is 14.2 Å². The lowest BCUT2D eigenvalue weighted by molar-refractivity contribution is -0.134. The van der Waals surface area contributed by atoms with Gasteiger partial charge >= 0.3 is 11.9 Å². The topological polar surface area (TPSA) is 82.1 Å². The number of carbonyl (C=O) groups is 2. The van der Waals surface area contributed by atoms with Crippen LogP contribution in [0.5, 0.6) is 23.0 Å².